The second-order valence-corrected chi connectivity index (χ2v) is 6.80. The van der Waals surface area contributed by atoms with Crippen LogP contribution in [0, 0.1) is 5.92 Å². The molecule has 2 rings (SSSR count). The molecule has 0 radical (unpaired) electrons. The molecule has 0 heterocycles. The fourth-order valence-electron chi connectivity index (χ4n) is 2.77. The molecule has 4 nitrogen and oxygen atoms in total. The van der Waals surface area contributed by atoms with E-state index in [9.17, 15) is 9.59 Å². The van der Waals surface area contributed by atoms with Gasteiger partial charge in [0.1, 0.15) is 0 Å². The molecule has 1 aromatic rings. The van der Waals surface area contributed by atoms with Gasteiger partial charge in [-0.1, -0.05) is 31.6 Å². The largest absolute Gasteiger partial charge is 0.352 e. The normalized spacial score (nSPS) is 14.2. The van der Waals surface area contributed by atoms with Gasteiger partial charge in [0.05, 0.1) is 0 Å². The van der Waals surface area contributed by atoms with E-state index in [0.717, 1.165) is 19.3 Å². The summed E-state index contributed by atoms with van der Waals surface area (Å²) in [6, 6.07) is 6.89. The van der Waals surface area contributed by atoms with Crippen LogP contribution in [0.15, 0.2) is 35.9 Å². The third-order valence-corrected chi connectivity index (χ3v) is 4.17. The maximum absolute atomic E-state index is 12.3. The Labute approximate surface area is 144 Å². The van der Waals surface area contributed by atoms with E-state index in [-0.39, 0.29) is 11.8 Å². The Morgan fingerprint density at radius 1 is 1.08 bits per heavy atom. The molecule has 0 saturated carbocycles. The SMILES string of the molecule is CC(C)CNC(=O)c1cccc(C(=O)NCCC2=CCCCC2)c1. The van der Waals surface area contributed by atoms with Crippen molar-refractivity contribution in [2.75, 3.05) is 13.1 Å². The minimum Gasteiger partial charge on any atom is -0.352 e. The Hall–Kier alpha value is -2.10. The Balaban J connectivity index is 1.86. The molecule has 0 aliphatic heterocycles. The van der Waals surface area contributed by atoms with Gasteiger partial charge < -0.3 is 10.6 Å². The van der Waals surface area contributed by atoms with E-state index < -0.39 is 0 Å². The van der Waals surface area contributed by atoms with Gasteiger partial charge in [-0.2, -0.15) is 0 Å². The van der Waals surface area contributed by atoms with E-state index in [2.05, 4.69) is 16.7 Å². The summed E-state index contributed by atoms with van der Waals surface area (Å²) in [4.78, 5) is 24.4. The summed E-state index contributed by atoms with van der Waals surface area (Å²) < 4.78 is 0. The molecule has 4 heteroatoms. The van der Waals surface area contributed by atoms with Gasteiger partial charge in [-0.25, -0.2) is 0 Å². The highest BCUT2D eigenvalue weighted by molar-refractivity contribution is 5.99. The predicted molar refractivity (Wildman–Crippen MR) is 97.1 cm³/mol. The Kier molecular flexibility index (Phi) is 7.04. The zero-order valence-electron chi connectivity index (χ0n) is 14.7. The van der Waals surface area contributed by atoms with Crippen LogP contribution in [-0.2, 0) is 0 Å². The molecule has 0 saturated heterocycles. The lowest BCUT2D eigenvalue weighted by Crippen LogP contribution is -2.28. The first-order valence-corrected chi connectivity index (χ1v) is 8.90. The van der Waals surface area contributed by atoms with Crippen molar-refractivity contribution in [3.63, 3.8) is 0 Å². The fraction of sp³-hybridized carbons (Fsp3) is 0.500. The molecule has 2 amide bonds. The molecule has 0 bridgehead atoms. The highest BCUT2D eigenvalue weighted by Gasteiger charge is 2.11. The van der Waals surface area contributed by atoms with Crippen LogP contribution in [0.25, 0.3) is 0 Å². The summed E-state index contributed by atoms with van der Waals surface area (Å²) >= 11 is 0. The first kappa shape index (κ1) is 18.2. The van der Waals surface area contributed by atoms with Crippen molar-refractivity contribution in [3.8, 4) is 0 Å². The van der Waals surface area contributed by atoms with Crippen molar-refractivity contribution in [3.05, 3.63) is 47.0 Å². The molecule has 0 fully saturated rings. The van der Waals surface area contributed by atoms with Crippen LogP contribution in [0.3, 0.4) is 0 Å². The molecule has 0 spiro atoms. The average molecular weight is 328 g/mol. The smallest absolute Gasteiger partial charge is 0.251 e. The van der Waals surface area contributed by atoms with Gasteiger partial charge in [0.15, 0.2) is 0 Å². The third-order valence-electron chi connectivity index (χ3n) is 4.17. The van der Waals surface area contributed by atoms with Crippen molar-refractivity contribution in [2.45, 2.75) is 46.0 Å². The summed E-state index contributed by atoms with van der Waals surface area (Å²) in [5.74, 6) is 0.144. The zero-order valence-corrected chi connectivity index (χ0v) is 14.7. The zero-order chi connectivity index (χ0) is 17.4. The molecular weight excluding hydrogens is 300 g/mol. The minimum absolute atomic E-state index is 0.120. The lowest BCUT2D eigenvalue weighted by Gasteiger charge is -2.13. The van der Waals surface area contributed by atoms with Gasteiger partial charge in [-0.3, -0.25) is 9.59 Å². The molecule has 1 aliphatic carbocycles. The van der Waals surface area contributed by atoms with Crippen molar-refractivity contribution >= 4 is 11.8 Å². The van der Waals surface area contributed by atoms with E-state index in [0.29, 0.717) is 30.1 Å². The number of hydrogen-bond acceptors (Lipinski definition) is 2. The molecule has 0 atom stereocenters. The maximum atomic E-state index is 12.3. The molecule has 0 aromatic heterocycles. The van der Waals surface area contributed by atoms with Gasteiger partial charge in [0.2, 0.25) is 0 Å². The van der Waals surface area contributed by atoms with Crippen LogP contribution in [0.2, 0.25) is 0 Å². The highest BCUT2D eigenvalue weighted by Crippen LogP contribution is 2.19. The lowest BCUT2D eigenvalue weighted by molar-refractivity contribution is 0.0949. The molecule has 1 aromatic carbocycles. The second-order valence-electron chi connectivity index (χ2n) is 6.80. The van der Waals surface area contributed by atoms with E-state index in [1.807, 2.05) is 13.8 Å². The van der Waals surface area contributed by atoms with Crippen LogP contribution in [0.1, 0.15) is 66.7 Å². The van der Waals surface area contributed by atoms with E-state index >= 15 is 0 Å². The van der Waals surface area contributed by atoms with Gasteiger partial charge in [0.25, 0.3) is 11.8 Å². The van der Waals surface area contributed by atoms with Crippen LogP contribution in [0.4, 0.5) is 0 Å². The Bertz CT molecular complexity index is 605. The minimum atomic E-state index is -0.134. The van der Waals surface area contributed by atoms with E-state index in [4.69, 9.17) is 0 Å². The van der Waals surface area contributed by atoms with Crippen LogP contribution < -0.4 is 10.6 Å². The summed E-state index contributed by atoms with van der Waals surface area (Å²) in [5, 5.41) is 5.82. The van der Waals surface area contributed by atoms with Crippen LogP contribution in [0.5, 0.6) is 0 Å². The standard InChI is InChI=1S/C20H28N2O2/c1-15(2)14-22-20(24)18-10-6-9-17(13-18)19(23)21-12-11-16-7-4-3-5-8-16/h6-7,9-10,13,15H,3-5,8,11-12,14H2,1-2H3,(H,21,23)(H,22,24). The number of rotatable bonds is 7. The highest BCUT2D eigenvalue weighted by atomic mass is 16.2. The number of carbonyl (C=O) groups excluding carboxylic acids is 2. The van der Waals surface area contributed by atoms with E-state index in [1.165, 1.54) is 18.4 Å². The first-order chi connectivity index (χ1) is 11.6. The molecule has 24 heavy (non-hydrogen) atoms. The van der Waals surface area contributed by atoms with Crippen LogP contribution in [-0.4, -0.2) is 24.9 Å². The second kappa shape index (κ2) is 9.26. The first-order valence-electron chi connectivity index (χ1n) is 8.90. The van der Waals surface area contributed by atoms with E-state index in [1.54, 1.807) is 24.3 Å². The Morgan fingerprint density at radius 3 is 2.42 bits per heavy atom. The lowest BCUT2D eigenvalue weighted by atomic mass is 9.97. The quantitative estimate of drug-likeness (QED) is 0.750. The number of hydrogen-bond donors (Lipinski definition) is 2. The third kappa shape index (κ3) is 5.84. The van der Waals surface area contributed by atoms with Crippen molar-refractivity contribution in [1.82, 2.24) is 10.6 Å². The average Bonchev–Trinajstić information content (AvgIpc) is 2.60. The van der Waals surface area contributed by atoms with Crippen molar-refractivity contribution in [2.24, 2.45) is 5.92 Å². The van der Waals surface area contributed by atoms with Crippen molar-refractivity contribution < 1.29 is 9.59 Å². The molecule has 1 aliphatic rings. The summed E-state index contributed by atoms with van der Waals surface area (Å²) in [5.41, 5.74) is 2.51. The van der Waals surface area contributed by atoms with Crippen LogP contribution >= 0.6 is 0 Å². The van der Waals surface area contributed by atoms with Crippen molar-refractivity contribution in [1.29, 1.82) is 0 Å². The number of nitrogens with one attached hydrogen (secondary N) is 2. The number of allylic oxidation sites excluding steroid dienone is 1. The predicted octanol–water partition coefficient (Wildman–Crippen LogP) is 3.69. The summed E-state index contributed by atoms with van der Waals surface area (Å²) in [7, 11) is 0. The van der Waals surface area contributed by atoms with Gasteiger partial charge in [-0.05, 0) is 56.2 Å². The number of amides is 2. The summed E-state index contributed by atoms with van der Waals surface area (Å²) in [6.45, 7) is 5.37. The summed E-state index contributed by atoms with van der Waals surface area (Å²) in [6.07, 6.45) is 8.07. The molecule has 0 unspecified atom stereocenters. The maximum Gasteiger partial charge on any atom is 0.251 e. The topological polar surface area (TPSA) is 58.2 Å². The monoisotopic (exact) mass is 328 g/mol. The Morgan fingerprint density at radius 2 is 1.79 bits per heavy atom. The fourth-order valence-corrected chi connectivity index (χ4v) is 2.77. The van der Waals surface area contributed by atoms with Gasteiger partial charge in [0, 0.05) is 24.2 Å². The molecule has 2 N–H and O–H groups in total. The molecular formula is C20H28N2O2. The van der Waals surface area contributed by atoms with Gasteiger partial charge in [-0.15, -0.1) is 0 Å². The molecule has 130 valence electrons. The number of benzene rings is 1. The van der Waals surface area contributed by atoms with Gasteiger partial charge >= 0.3 is 0 Å². The number of carbonyl (C=O) groups is 2.